The standard InChI is InChI=1S/C15H20N2O3/c1-19-13-7-9-14(10-8-13)20-11-15(18)17-16-12-5-3-2-4-6-12/h7-10H,2-6,11H2,1H3,(H,17,18). The van der Waals surface area contributed by atoms with Crippen LogP contribution in [0, 0.1) is 0 Å². The maximum absolute atomic E-state index is 11.6. The van der Waals surface area contributed by atoms with Crippen molar-refractivity contribution in [3.8, 4) is 11.5 Å². The van der Waals surface area contributed by atoms with E-state index in [1.165, 1.54) is 6.42 Å². The van der Waals surface area contributed by atoms with Gasteiger partial charge in [0.15, 0.2) is 6.61 Å². The molecule has 0 bridgehead atoms. The summed E-state index contributed by atoms with van der Waals surface area (Å²) in [5, 5.41) is 4.14. The summed E-state index contributed by atoms with van der Waals surface area (Å²) in [5.74, 6) is 1.15. The summed E-state index contributed by atoms with van der Waals surface area (Å²) in [6.07, 6.45) is 5.56. The molecule has 1 aromatic rings. The number of carbonyl (C=O) groups excluding carboxylic acids is 1. The highest BCUT2D eigenvalue weighted by atomic mass is 16.5. The molecule has 0 saturated heterocycles. The molecular weight excluding hydrogens is 256 g/mol. The smallest absolute Gasteiger partial charge is 0.277 e. The molecule has 0 aromatic heterocycles. The molecule has 1 N–H and O–H groups in total. The predicted molar refractivity (Wildman–Crippen MR) is 77.2 cm³/mol. The molecule has 2 rings (SSSR count). The Kier molecular flexibility index (Phi) is 5.41. The van der Waals surface area contributed by atoms with Crippen molar-refractivity contribution in [1.82, 2.24) is 5.43 Å². The van der Waals surface area contributed by atoms with Gasteiger partial charge in [0.25, 0.3) is 5.91 Å². The fourth-order valence-electron chi connectivity index (χ4n) is 2.07. The van der Waals surface area contributed by atoms with Crippen LogP contribution in [0.15, 0.2) is 29.4 Å². The Balaban J connectivity index is 1.73. The van der Waals surface area contributed by atoms with Crippen LogP contribution in [0.5, 0.6) is 11.5 Å². The van der Waals surface area contributed by atoms with Crippen LogP contribution in [0.3, 0.4) is 0 Å². The number of nitrogens with zero attached hydrogens (tertiary/aromatic N) is 1. The van der Waals surface area contributed by atoms with Crippen LogP contribution in [0.25, 0.3) is 0 Å². The maximum Gasteiger partial charge on any atom is 0.277 e. The average Bonchev–Trinajstić information content (AvgIpc) is 2.52. The molecule has 1 aliphatic carbocycles. The molecule has 0 unspecified atom stereocenters. The number of hydrogen-bond acceptors (Lipinski definition) is 4. The van der Waals surface area contributed by atoms with E-state index in [1.54, 1.807) is 31.4 Å². The summed E-state index contributed by atoms with van der Waals surface area (Å²) in [5.41, 5.74) is 3.62. The van der Waals surface area contributed by atoms with Gasteiger partial charge in [-0.25, -0.2) is 5.43 Å². The van der Waals surface area contributed by atoms with Crippen LogP contribution in [-0.2, 0) is 4.79 Å². The first-order valence-corrected chi connectivity index (χ1v) is 6.89. The van der Waals surface area contributed by atoms with Crippen molar-refractivity contribution in [1.29, 1.82) is 0 Å². The molecule has 1 aromatic carbocycles. The number of amides is 1. The van der Waals surface area contributed by atoms with Crippen molar-refractivity contribution in [2.45, 2.75) is 32.1 Å². The second kappa shape index (κ2) is 7.53. The summed E-state index contributed by atoms with van der Waals surface area (Å²) in [6, 6.07) is 7.10. The summed E-state index contributed by atoms with van der Waals surface area (Å²) in [6.45, 7) is -0.0386. The Hall–Kier alpha value is -2.04. The van der Waals surface area contributed by atoms with Gasteiger partial charge in [0.05, 0.1) is 7.11 Å². The van der Waals surface area contributed by atoms with Gasteiger partial charge in [-0.1, -0.05) is 6.42 Å². The summed E-state index contributed by atoms with van der Waals surface area (Å²) < 4.78 is 10.4. The average molecular weight is 276 g/mol. The van der Waals surface area contributed by atoms with Crippen molar-refractivity contribution < 1.29 is 14.3 Å². The molecule has 0 atom stereocenters. The molecule has 1 amide bonds. The predicted octanol–water partition coefficient (Wildman–Crippen LogP) is 2.51. The number of ether oxygens (including phenoxy) is 2. The Morgan fingerprint density at radius 3 is 2.45 bits per heavy atom. The fourth-order valence-corrected chi connectivity index (χ4v) is 2.07. The summed E-state index contributed by atoms with van der Waals surface area (Å²) >= 11 is 0. The molecule has 5 nitrogen and oxygen atoms in total. The zero-order chi connectivity index (χ0) is 14.2. The van der Waals surface area contributed by atoms with Gasteiger partial charge in [-0.15, -0.1) is 0 Å². The first-order valence-electron chi connectivity index (χ1n) is 6.89. The minimum Gasteiger partial charge on any atom is -0.497 e. The number of hydrazone groups is 1. The number of benzene rings is 1. The maximum atomic E-state index is 11.6. The zero-order valence-electron chi connectivity index (χ0n) is 11.7. The minimum absolute atomic E-state index is 0.0386. The molecule has 5 heteroatoms. The molecule has 1 fully saturated rings. The molecule has 0 radical (unpaired) electrons. The van der Waals surface area contributed by atoms with Gasteiger partial charge in [-0.05, 0) is 49.9 Å². The first-order chi connectivity index (χ1) is 9.78. The third-order valence-corrected chi connectivity index (χ3v) is 3.20. The number of methoxy groups -OCH3 is 1. The Labute approximate surface area is 119 Å². The third-order valence-electron chi connectivity index (χ3n) is 3.20. The van der Waals surface area contributed by atoms with Crippen molar-refractivity contribution in [2.24, 2.45) is 5.10 Å². The lowest BCUT2D eigenvalue weighted by molar-refractivity contribution is -0.123. The van der Waals surface area contributed by atoms with E-state index in [-0.39, 0.29) is 12.5 Å². The number of nitrogens with one attached hydrogen (secondary N) is 1. The SMILES string of the molecule is COc1ccc(OCC(=O)NN=C2CCCCC2)cc1. The van der Waals surface area contributed by atoms with Gasteiger partial charge in [0, 0.05) is 5.71 Å². The highest BCUT2D eigenvalue weighted by Crippen LogP contribution is 2.17. The Bertz CT molecular complexity index is 461. The van der Waals surface area contributed by atoms with Crippen molar-refractivity contribution in [3.63, 3.8) is 0 Å². The quantitative estimate of drug-likeness (QED) is 0.841. The minimum atomic E-state index is -0.237. The van der Waals surface area contributed by atoms with Gasteiger partial charge in [0.1, 0.15) is 11.5 Å². The van der Waals surface area contributed by atoms with Crippen LogP contribution in [-0.4, -0.2) is 25.3 Å². The third kappa shape index (κ3) is 4.57. The Morgan fingerprint density at radius 2 is 1.80 bits per heavy atom. The van der Waals surface area contributed by atoms with E-state index in [0.29, 0.717) is 5.75 Å². The molecular formula is C15H20N2O3. The van der Waals surface area contributed by atoms with E-state index in [4.69, 9.17) is 9.47 Å². The highest BCUT2D eigenvalue weighted by Gasteiger charge is 2.08. The lowest BCUT2D eigenvalue weighted by atomic mass is 9.99. The van der Waals surface area contributed by atoms with E-state index < -0.39 is 0 Å². The summed E-state index contributed by atoms with van der Waals surface area (Å²) in [4.78, 5) is 11.6. The monoisotopic (exact) mass is 276 g/mol. The van der Waals surface area contributed by atoms with Gasteiger partial charge in [0.2, 0.25) is 0 Å². The van der Waals surface area contributed by atoms with Gasteiger partial charge in [-0.2, -0.15) is 5.10 Å². The van der Waals surface area contributed by atoms with Gasteiger partial charge in [-0.3, -0.25) is 4.79 Å². The zero-order valence-corrected chi connectivity index (χ0v) is 11.7. The Morgan fingerprint density at radius 1 is 1.15 bits per heavy atom. The number of hydrogen-bond donors (Lipinski definition) is 1. The van der Waals surface area contributed by atoms with E-state index in [1.807, 2.05) is 0 Å². The molecule has 20 heavy (non-hydrogen) atoms. The van der Waals surface area contributed by atoms with E-state index in [9.17, 15) is 4.79 Å². The molecule has 0 aliphatic heterocycles. The van der Waals surface area contributed by atoms with Crippen molar-refractivity contribution in [2.75, 3.05) is 13.7 Å². The van der Waals surface area contributed by atoms with E-state index >= 15 is 0 Å². The van der Waals surface area contributed by atoms with Gasteiger partial charge < -0.3 is 9.47 Å². The molecule has 0 spiro atoms. The second-order valence-corrected chi connectivity index (χ2v) is 4.74. The van der Waals surface area contributed by atoms with Crippen LogP contribution < -0.4 is 14.9 Å². The largest absolute Gasteiger partial charge is 0.497 e. The topological polar surface area (TPSA) is 59.9 Å². The van der Waals surface area contributed by atoms with Gasteiger partial charge >= 0.3 is 0 Å². The lowest BCUT2D eigenvalue weighted by Gasteiger charge is -2.12. The number of carbonyl (C=O) groups is 1. The van der Waals surface area contributed by atoms with Crippen LogP contribution in [0.2, 0.25) is 0 Å². The number of rotatable bonds is 5. The van der Waals surface area contributed by atoms with Crippen LogP contribution in [0.4, 0.5) is 0 Å². The lowest BCUT2D eigenvalue weighted by Crippen LogP contribution is -2.26. The summed E-state index contributed by atoms with van der Waals surface area (Å²) in [7, 11) is 1.60. The highest BCUT2D eigenvalue weighted by molar-refractivity contribution is 5.87. The second-order valence-electron chi connectivity index (χ2n) is 4.74. The molecule has 1 aliphatic rings. The van der Waals surface area contributed by atoms with Crippen molar-refractivity contribution >= 4 is 11.6 Å². The molecule has 108 valence electrons. The van der Waals surface area contributed by atoms with Crippen molar-refractivity contribution in [3.05, 3.63) is 24.3 Å². The van der Waals surface area contributed by atoms with E-state index in [2.05, 4.69) is 10.5 Å². The molecule has 1 saturated carbocycles. The first kappa shape index (κ1) is 14.4. The van der Waals surface area contributed by atoms with Crippen LogP contribution >= 0.6 is 0 Å². The normalized spacial score (nSPS) is 14.6. The van der Waals surface area contributed by atoms with Crippen LogP contribution in [0.1, 0.15) is 32.1 Å². The molecule has 0 heterocycles. The van der Waals surface area contributed by atoms with E-state index in [0.717, 1.165) is 37.1 Å². The fraction of sp³-hybridized carbons (Fsp3) is 0.467.